The van der Waals surface area contributed by atoms with E-state index in [-0.39, 0.29) is 23.6 Å². The zero-order valence-corrected chi connectivity index (χ0v) is 10.9. The van der Waals surface area contributed by atoms with Crippen LogP contribution in [0.5, 0.6) is 5.75 Å². The van der Waals surface area contributed by atoms with Gasteiger partial charge in [0.2, 0.25) is 0 Å². The summed E-state index contributed by atoms with van der Waals surface area (Å²) < 4.78 is 7.14. The van der Waals surface area contributed by atoms with Crippen LogP contribution in [0, 0.1) is 28.4 Å². The summed E-state index contributed by atoms with van der Waals surface area (Å²) in [6, 6.07) is 5.89. The standard InChI is InChI=1S/C12H11N5O3/c1-8-14-15-12(16(8)2)7-20-11-4-3-9(6-13)5-10(11)17(18)19/h3-5H,7H2,1-2H3. The molecule has 0 saturated carbocycles. The van der Waals surface area contributed by atoms with Crippen molar-refractivity contribution in [1.82, 2.24) is 14.8 Å². The minimum absolute atomic E-state index is 0.0596. The minimum Gasteiger partial charge on any atom is -0.479 e. The molecule has 2 aromatic rings. The highest BCUT2D eigenvalue weighted by molar-refractivity contribution is 5.51. The van der Waals surface area contributed by atoms with E-state index in [1.165, 1.54) is 18.2 Å². The Hall–Kier alpha value is -2.95. The third-order valence-corrected chi connectivity index (χ3v) is 2.82. The molecule has 2 rings (SSSR count). The number of nitriles is 1. The second kappa shape index (κ2) is 5.36. The number of nitrogens with zero attached hydrogens (tertiary/aromatic N) is 5. The lowest BCUT2D eigenvalue weighted by Gasteiger charge is -2.06. The van der Waals surface area contributed by atoms with E-state index in [1.54, 1.807) is 18.5 Å². The van der Waals surface area contributed by atoms with Crippen LogP contribution in [0.25, 0.3) is 0 Å². The van der Waals surface area contributed by atoms with Crippen molar-refractivity contribution < 1.29 is 9.66 Å². The number of aryl methyl sites for hydroxylation is 1. The number of hydrogen-bond donors (Lipinski definition) is 0. The topological polar surface area (TPSA) is 107 Å². The van der Waals surface area contributed by atoms with Gasteiger partial charge in [0.1, 0.15) is 12.4 Å². The van der Waals surface area contributed by atoms with Crippen molar-refractivity contribution in [3.05, 3.63) is 45.5 Å². The first-order valence-electron chi connectivity index (χ1n) is 5.69. The van der Waals surface area contributed by atoms with Gasteiger partial charge in [0, 0.05) is 13.1 Å². The van der Waals surface area contributed by atoms with Crippen molar-refractivity contribution in [3.8, 4) is 11.8 Å². The first kappa shape index (κ1) is 13.5. The number of rotatable bonds is 4. The quantitative estimate of drug-likeness (QED) is 0.616. The van der Waals surface area contributed by atoms with Gasteiger partial charge in [-0.15, -0.1) is 10.2 Å². The van der Waals surface area contributed by atoms with Crippen LogP contribution in [-0.4, -0.2) is 19.7 Å². The van der Waals surface area contributed by atoms with Gasteiger partial charge in [-0.2, -0.15) is 5.26 Å². The third-order valence-electron chi connectivity index (χ3n) is 2.82. The van der Waals surface area contributed by atoms with Gasteiger partial charge in [-0.25, -0.2) is 0 Å². The van der Waals surface area contributed by atoms with E-state index < -0.39 is 4.92 Å². The van der Waals surface area contributed by atoms with E-state index >= 15 is 0 Å². The Kier molecular flexibility index (Phi) is 3.61. The molecule has 1 heterocycles. The van der Waals surface area contributed by atoms with Gasteiger partial charge in [-0.3, -0.25) is 10.1 Å². The zero-order chi connectivity index (χ0) is 14.7. The van der Waals surface area contributed by atoms with Crippen LogP contribution in [0.1, 0.15) is 17.2 Å². The molecule has 0 amide bonds. The zero-order valence-electron chi connectivity index (χ0n) is 10.9. The Labute approximate surface area is 114 Å². The van der Waals surface area contributed by atoms with Crippen LogP contribution < -0.4 is 4.74 Å². The highest BCUT2D eigenvalue weighted by atomic mass is 16.6. The fraction of sp³-hybridized carbons (Fsp3) is 0.250. The molecule has 1 aromatic carbocycles. The van der Waals surface area contributed by atoms with Crippen molar-refractivity contribution in [2.24, 2.45) is 7.05 Å². The molecule has 8 heteroatoms. The fourth-order valence-electron chi connectivity index (χ4n) is 1.57. The maximum Gasteiger partial charge on any atom is 0.312 e. The van der Waals surface area contributed by atoms with E-state index in [2.05, 4.69) is 10.2 Å². The normalized spacial score (nSPS) is 10.1. The molecular formula is C12H11N5O3. The summed E-state index contributed by atoms with van der Waals surface area (Å²) in [5.74, 6) is 1.37. The minimum atomic E-state index is -0.585. The summed E-state index contributed by atoms with van der Waals surface area (Å²) in [4.78, 5) is 10.4. The number of aromatic nitrogens is 3. The van der Waals surface area contributed by atoms with Crippen molar-refractivity contribution in [2.75, 3.05) is 0 Å². The molecule has 0 spiro atoms. The Balaban J connectivity index is 2.23. The molecule has 0 N–H and O–H groups in total. The number of benzene rings is 1. The summed E-state index contributed by atoms with van der Waals surface area (Å²) in [6.07, 6.45) is 0. The molecule has 0 atom stereocenters. The van der Waals surface area contributed by atoms with Gasteiger partial charge in [0.05, 0.1) is 16.6 Å². The molecule has 102 valence electrons. The van der Waals surface area contributed by atoms with Gasteiger partial charge >= 0.3 is 5.69 Å². The largest absolute Gasteiger partial charge is 0.479 e. The Morgan fingerprint density at radius 1 is 1.50 bits per heavy atom. The van der Waals surface area contributed by atoms with E-state index in [0.29, 0.717) is 5.82 Å². The molecule has 0 saturated heterocycles. The second-order valence-electron chi connectivity index (χ2n) is 4.06. The molecule has 0 fully saturated rings. The maximum atomic E-state index is 11.0. The Bertz CT molecular complexity index is 702. The number of nitro benzene ring substituents is 1. The van der Waals surface area contributed by atoms with E-state index in [9.17, 15) is 10.1 Å². The second-order valence-corrected chi connectivity index (χ2v) is 4.06. The van der Waals surface area contributed by atoms with E-state index in [1.807, 2.05) is 6.07 Å². The Morgan fingerprint density at radius 3 is 2.80 bits per heavy atom. The van der Waals surface area contributed by atoms with Crippen LogP contribution in [-0.2, 0) is 13.7 Å². The third kappa shape index (κ3) is 2.56. The molecule has 1 aromatic heterocycles. The lowest BCUT2D eigenvalue weighted by Crippen LogP contribution is -2.05. The lowest BCUT2D eigenvalue weighted by molar-refractivity contribution is -0.386. The van der Waals surface area contributed by atoms with E-state index in [0.717, 1.165) is 5.82 Å². The molecule has 0 aliphatic rings. The van der Waals surface area contributed by atoms with Gasteiger partial charge < -0.3 is 9.30 Å². The molecular weight excluding hydrogens is 262 g/mol. The van der Waals surface area contributed by atoms with Crippen LogP contribution in [0.2, 0.25) is 0 Å². The van der Waals surface area contributed by atoms with Crippen molar-refractivity contribution in [3.63, 3.8) is 0 Å². The van der Waals surface area contributed by atoms with E-state index in [4.69, 9.17) is 10.00 Å². The average Bonchev–Trinajstić information content (AvgIpc) is 2.76. The Morgan fingerprint density at radius 2 is 2.25 bits per heavy atom. The fourth-order valence-corrected chi connectivity index (χ4v) is 1.57. The summed E-state index contributed by atoms with van der Waals surface area (Å²) >= 11 is 0. The smallest absolute Gasteiger partial charge is 0.312 e. The molecule has 20 heavy (non-hydrogen) atoms. The molecule has 0 unspecified atom stereocenters. The highest BCUT2D eigenvalue weighted by Gasteiger charge is 2.17. The molecule has 0 aliphatic heterocycles. The van der Waals surface area contributed by atoms with Crippen LogP contribution >= 0.6 is 0 Å². The molecule has 0 bridgehead atoms. The van der Waals surface area contributed by atoms with Crippen LogP contribution in [0.3, 0.4) is 0 Å². The molecule has 0 radical (unpaired) electrons. The van der Waals surface area contributed by atoms with Gasteiger partial charge in [0.15, 0.2) is 11.6 Å². The summed E-state index contributed by atoms with van der Waals surface area (Å²) in [6.45, 7) is 1.85. The predicted octanol–water partition coefficient (Wildman–Crippen LogP) is 1.48. The molecule has 8 nitrogen and oxygen atoms in total. The van der Waals surface area contributed by atoms with Crippen molar-refractivity contribution in [2.45, 2.75) is 13.5 Å². The first-order chi connectivity index (χ1) is 9.52. The summed E-state index contributed by atoms with van der Waals surface area (Å²) in [7, 11) is 1.78. The lowest BCUT2D eigenvalue weighted by atomic mass is 10.2. The number of hydrogen-bond acceptors (Lipinski definition) is 6. The monoisotopic (exact) mass is 273 g/mol. The molecule has 0 aliphatic carbocycles. The van der Waals surface area contributed by atoms with Crippen LogP contribution in [0.4, 0.5) is 5.69 Å². The average molecular weight is 273 g/mol. The SMILES string of the molecule is Cc1nnc(COc2ccc(C#N)cc2[N+](=O)[O-])n1C. The summed E-state index contributed by atoms with van der Waals surface area (Å²) in [5, 5.41) is 27.5. The maximum absolute atomic E-state index is 11.0. The summed E-state index contributed by atoms with van der Waals surface area (Å²) in [5.41, 5.74) is -0.0403. The van der Waals surface area contributed by atoms with Crippen molar-refractivity contribution in [1.29, 1.82) is 5.26 Å². The van der Waals surface area contributed by atoms with Gasteiger partial charge in [0.25, 0.3) is 0 Å². The van der Waals surface area contributed by atoms with Crippen LogP contribution in [0.15, 0.2) is 18.2 Å². The van der Waals surface area contributed by atoms with Crippen molar-refractivity contribution >= 4 is 5.69 Å². The highest BCUT2D eigenvalue weighted by Crippen LogP contribution is 2.28. The predicted molar refractivity (Wildman–Crippen MR) is 67.9 cm³/mol. The van der Waals surface area contributed by atoms with Gasteiger partial charge in [-0.1, -0.05) is 0 Å². The first-order valence-corrected chi connectivity index (χ1v) is 5.69. The number of ether oxygens (including phenoxy) is 1. The van der Waals surface area contributed by atoms with Gasteiger partial charge in [-0.05, 0) is 19.1 Å². The number of nitro groups is 1.